The Balaban J connectivity index is 2.45. The van der Waals surface area contributed by atoms with Crippen molar-refractivity contribution in [2.75, 3.05) is 20.2 Å². The van der Waals surface area contributed by atoms with E-state index in [9.17, 15) is 4.79 Å². The van der Waals surface area contributed by atoms with Crippen LogP contribution >= 0.6 is 0 Å². The second-order valence-corrected chi connectivity index (χ2v) is 4.29. The van der Waals surface area contributed by atoms with E-state index in [0.29, 0.717) is 12.5 Å². The highest BCUT2D eigenvalue weighted by molar-refractivity contribution is 5.84. The van der Waals surface area contributed by atoms with Crippen molar-refractivity contribution < 1.29 is 9.53 Å². The summed E-state index contributed by atoms with van der Waals surface area (Å²) in [6.07, 6.45) is 2.71. The number of methoxy groups -OCH3 is 1. The molecule has 1 unspecified atom stereocenters. The van der Waals surface area contributed by atoms with Crippen LogP contribution in [-0.2, 0) is 9.53 Å². The molecule has 0 aromatic heterocycles. The largest absolute Gasteiger partial charge is 0.369 e. The lowest BCUT2D eigenvalue weighted by Gasteiger charge is -2.30. The summed E-state index contributed by atoms with van der Waals surface area (Å²) in [7, 11) is 1.59. The van der Waals surface area contributed by atoms with Crippen molar-refractivity contribution in [2.45, 2.75) is 44.8 Å². The van der Waals surface area contributed by atoms with Gasteiger partial charge in [0.1, 0.15) is 5.60 Å². The topological polar surface area (TPSA) is 50.4 Å². The maximum absolute atomic E-state index is 11.9. The van der Waals surface area contributed by atoms with Crippen LogP contribution in [0.2, 0.25) is 0 Å². The van der Waals surface area contributed by atoms with Crippen LogP contribution in [0.4, 0.5) is 0 Å². The zero-order valence-electron chi connectivity index (χ0n) is 9.93. The number of piperidine rings is 1. The molecule has 0 aliphatic carbocycles. The Kier molecular flexibility index (Phi) is 4.54. The van der Waals surface area contributed by atoms with Gasteiger partial charge >= 0.3 is 0 Å². The van der Waals surface area contributed by atoms with Gasteiger partial charge in [0.2, 0.25) is 0 Å². The summed E-state index contributed by atoms with van der Waals surface area (Å²) in [5, 5.41) is 6.33. The lowest BCUT2D eigenvalue weighted by Crippen LogP contribution is -2.51. The maximum atomic E-state index is 11.9. The molecule has 0 radical (unpaired) electrons. The van der Waals surface area contributed by atoms with E-state index in [1.807, 2.05) is 13.8 Å². The first-order valence-corrected chi connectivity index (χ1v) is 5.69. The molecule has 15 heavy (non-hydrogen) atoms. The molecule has 0 aromatic carbocycles. The minimum atomic E-state index is -0.676. The molecule has 4 nitrogen and oxygen atoms in total. The van der Waals surface area contributed by atoms with E-state index in [2.05, 4.69) is 10.6 Å². The fourth-order valence-corrected chi connectivity index (χ4v) is 1.70. The van der Waals surface area contributed by atoms with Gasteiger partial charge in [0, 0.05) is 13.2 Å². The van der Waals surface area contributed by atoms with Crippen molar-refractivity contribution in [1.82, 2.24) is 10.6 Å². The Morgan fingerprint density at radius 2 is 2.13 bits per heavy atom. The third-order valence-electron chi connectivity index (χ3n) is 3.28. The van der Waals surface area contributed by atoms with Crippen molar-refractivity contribution in [3.8, 4) is 0 Å². The van der Waals surface area contributed by atoms with Gasteiger partial charge in [-0.05, 0) is 39.3 Å². The van der Waals surface area contributed by atoms with Gasteiger partial charge in [0.05, 0.1) is 0 Å². The van der Waals surface area contributed by atoms with Crippen LogP contribution in [0.1, 0.15) is 33.1 Å². The van der Waals surface area contributed by atoms with E-state index in [0.717, 1.165) is 25.9 Å². The number of hydrogen-bond acceptors (Lipinski definition) is 3. The molecule has 1 aliphatic heterocycles. The number of amides is 1. The van der Waals surface area contributed by atoms with Gasteiger partial charge in [-0.1, -0.05) is 6.92 Å². The van der Waals surface area contributed by atoms with E-state index >= 15 is 0 Å². The number of nitrogens with one attached hydrogen (secondary N) is 2. The predicted molar refractivity (Wildman–Crippen MR) is 59.7 cm³/mol. The van der Waals surface area contributed by atoms with Crippen molar-refractivity contribution in [2.24, 2.45) is 0 Å². The fourth-order valence-electron chi connectivity index (χ4n) is 1.70. The first kappa shape index (κ1) is 12.5. The highest BCUT2D eigenvalue weighted by atomic mass is 16.5. The Bertz CT molecular complexity index is 209. The molecule has 4 heteroatoms. The number of carbonyl (C=O) groups excluding carboxylic acids is 1. The van der Waals surface area contributed by atoms with Crippen molar-refractivity contribution >= 4 is 5.91 Å². The number of hydrogen-bond donors (Lipinski definition) is 2. The van der Waals surface area contributed by atoms with E-state index in [4.69, 9.17) is 4.74 Å². The van der Waals surface area contributed by atoms with Gasteiger partial charge in [0.15, 0.2) is 0 Å². The quantitative estimate of drug-likeness (QED) is 0.723. The van der Waals surface area contributed by atoms with E-state index < -0.39 is 5.60 Å². The van der Waals surface area contributed by atoms with Crippen molar-refractivity contribution in [3.05, 3.63) is 0 Å². The Labute approximate surface area is 91.8 Å². The highest BCUT2D eigenvalue weighted by Crippen LogP contribution is 2.15. The SMILES string of the molecule is CCC(C)(OC)C(=O)NC1CCNCC1. The fraction of sp³-hybridized carbons (Fsp3) is 0.909. The Morgan fingerprint density at radius 3 is 2.60 bits per heavy atom. The van der Waals surface area contributed by atoms with Crippen LogP contribution in [0, 0.1) is 0 Å². The van der Waals surface area contributed by atoms with Gasteiger partial charge in [-0.25, -0.2) is 0 Å². The van der Waals surface area contributed by atoms with Crippen LogP contribution in [0.25, 0.3) is 0 Å². The van der Waals surface area contributed by atoms with Crippen LogP contribution in [-0.4, -0.2) is 37.7 Å². The standard InChI is InChI=1S/C11H22N2O2/c1-4-11(2,15-3)10(14)13-9-5-7-12-8-6-9/h9,12H,4-8H2,1-3H3,(H,13,14). The zero-order valence-corrected chi connectivity index (χ0v) is 9.93. The summed E-state index contributed by atoms with van der Waals surface area (Å²) in [4.78, 5) is 11.9. The highest BCUT2D eigenvalue weighted by Gasteiger charge is 2.32. The lowest BCUT2D eigenvalue weighted by atomic mass is 10.00. The molecule has 88 valence electrons. The second kappa shape index (κ2) is 5.47. The van der Waals surface area contributed by atoms with Gasteiger partial charge in [-0.2, -0.15) is 0 Å². The zero-order chi connectivity index (χ0) is 11.3. The molecular formula is C11H22N2O2. The average Bonchev–Trinajstić information content (AvgIpc) is 2.29. The summed E-state index contributed by atoms with van der Waals surface area (Å²) in [6.45, 7) is 5.77. The molecule has 1 fully saturated rings. The first-order valence-electron chi connectivity index (χ1n) is 5.69. The molecule has 1 rings (SSSR count). The molecule has 1 aliphatic rings. The Morgan fingerprint density at radius 1 is 1.53 bits per heavy atom. The third-order valence-corrected chi connectivity index (χ3v) is 3.28. The summed E-state index contributed by atoms with van der Waals surface area (Å²) in [5.74, 6) is 0.0133. The van der Waals surface area contributed by atoms with Gasteiger partial charge < -0.3 is 15.4 Å². The summed E-state index contributed by atoms with van der Waals surface area (Å²) in [5.41, 5.74) is -0.676. The van der Waals surface area contributed by atoms with Crippen molar-refractivity contribution in [1.29, 1.82) is 0 Å². The lowest BCUT2D eigenvalue weighted by molar-refractivity contribution is -0.142. The van der Waals surface area contributed by atoms with Gasteiger partial charge in [0.25, 0.3) is 5.91 Å². The average molecular weight is 214 g/mol. The van der Waals surface area contributed by atoms with Crippen LogP contribution in [0.5, 0.6) is 0 Å². The van der Waals surface area contributed by atoms with E-state index in [1.165, 1.54) is 0 Å². The van der Waals surface area contributed by atoms with Gasteiger partial charge in [-0.3, -0.25) is 4.79 Å². The van der Waals surface area contributed by atoms with Crippen LogP contribution in [0.3, 0.4) is 0 Å². The number of rotatable bonds is 4. The monoisotopic (exact) mass is 214 g/mol. The predicted octanol–water partition coefficient (Wildman–Crippen LogP) is 0.670. The summed E-state index contributed by atoms with van der Waals surface area (Å²) < 4.78 is 5.26. The molecule has 2 N–H and O–H groups in total. The molecule has 1 heterocycles. The third kappa shape index (κ3) is 3.18. The minimum Gasteiger partial charge on any atom is -0.369 e. The molecular weight excluding hydrogens is 192 g/mol. The smallest absolute Gasteiger partial charge is 0.252 e. The Hall–Kier alpha value is -0.610. The number of carbonyl (C=O) groups is 1. The molecule has 0 bridgehead atoms. The molecule has 1 saturated heterocycles. The minimum absolute atomic E-state index is 0.0133. The normalized spacial score (nSPS) is 22.1. The van der Waals surface area contributed by atoms with E-state index in [1.54, 1.807) is 7.11 Å². The van der Waals surface area contributed by atoms with Gasteiger partial charge in [-0.15, -0.1) is 0 Å². The molecule has 1 amide bonds. The van der Waals surface area contributed by atoms with Crippen LogP contribution in [0.15, 0.2) is 0 Å². The van der Waals surface area contributed by atoms with Crippen LogP contribution < -0.4 is 10.6 Å². The summed E-state index contributed by atoms with van der Waals surface area (Å²) in [6, 6.07) is 0.305. The number of ether oxygens (including phenoxy) is 1. The van der Waals surface area contributed by atoms with E-state index in [-0.39, 0.29) is 5.91 Å². The maximum Gasteiger partial charge on any atom is 0.252 e. The molecule has 0 spiro atoms. The first-order chi connectivity index (χ1) is 7.12. The second-order valence-electron chi connectivity index (χ2n) is 4.29. The molecule has 0 aromatic rings. The molecule has 0 saturated carbocycles. The van der Waals surface area contributed by atoms with Crippen molar-refractivity contribution in [3.63, 3.8) is 0 Å². The molecule has 1 atom stereocenters. The summed E-state index contributed by atoms with van der Waals surface area (Å²) >= 11 is 0.